The number of hydrogen-bond donors (Lipinski definition) is 0. The van der Waals surface area contributed by atoms with E-state index in [4.69, 9.17) is 9.15 Å². The van der Waals surface area contributed by atoms with Crippen LogP contribution in [-0.4, -0.2) is 15.1 Å². The molecule has 1 aromatic heterocycles. The molecule has 0 fully saturated rings. The van der Waals surface area contributed by atoms with E-state index in [2.05, 4.69) is 10.2 Å². The molecule has 7 nitrogen and oxygen atoms in total. The standard InChI is InChI=1S/C17H15N3O4/c1-11-3-5-13(6-4-11)17-19-18-16(24-17)12(2)23-15-9-7-14(8-10-15)20(21)22/h3-10,12H,1-2H3/t12-/m1/s1. The van der Waals surface area contributed by atoms with Crippen LogP contribution in [0.5, 0.6) is 5.75 Å². The predicted octanol–water partition coefficient (Wildman–Crippen LogP) is 4.09. The van der Waals surface area contributed by atoms with Crippen LogP contribution in [0.1, 0.15) is 24.5 Å². The molecule has 0 aliphatic rings. The summed E-state index contributed by atoms with van der Waals surface area (Å²) in [7, 11) is 0. The summed E-state index contributed by atoms with van der Waals surface area (Å²) in [5.41, 5.74) is 1.99. The molecule has 0 spiro atoms. The molecular formula is C17H15N3O4. The molecule has 0 amide bonds. The third-order valence-corrected chi connectivity index (χ3v) is 3.45. The number of hydrogen-bond acceptors (Lipinski definition) is 6. The molecule has 0 bridgehead atoms. The van der Waals surface area contributed by atoms with Crippen molar-refractivity contribution in [3.05, 3.63) is 70.1 Å². The fourth-order valence-corrected chi connectivity index (χ4v) is 2.11. The maximum atomic E-state index is 10.6. The molecular weight excluding hydrogens is 310 g/mol. The van der Waals surface area contributed by atoms with E-state index in [9.17, 15) is 10.1 Å². The highest BCUT2D eigenvalue weighted by Gasteiger charge is 2.17. The lowest BCUT2D eigenvalue weighted by Gasteiger charge is -2.10. The minimum absolute atomic E-state index is 0.00875. The maximum absolute atomic E-state index is 10.6. The van der Waals surface area contributed by atoms with Crippen molar-refractivity contribution in [2.24, 2.45) is 0 Å². The van der Waals surface area contributed by atoms with Crippen molar-refractivity contribution < 1.29 is 14.1 Å². The minimum atomic E-state index is -0.474. The van der Waals surface area contributed by atoms with Crippen molar-refractivity contribution in [2.75, 3.05) is 0 Å². The van der Waals surface area contributed by atoms with Gasteiger partial charge in [-0.05, 0) is 38.1 Å². The van der Waals surface area contributed by atoms with Crippen LogP contribution in [0.15, 0.2) is 52.9 Å². The van der Waals surface area contributed by atoms with Crippen molar-refractivity contribution in [3.63, 3.8) is 0 Å². The van der Waals surface area contributed by atoms with Crippen LogP contribution in [0, 0.1) is 17.0 Å². The van der Waals surface area contributed by atoms with Crippen LogP contribution < -0.4 is 4.74 Å². The Hall–Kier alpha value is -3.22. The molecule has 24 heavy (non-hydrogen) atoms. The number of aromatic nitrogens is 2. The van der Waals surface area contributed by atoms with Gasteiger partial charge < -0.3 is 9.15 Å². The van der Waals surface area contributed by atoms with Gasteiger partial charge in [-0.2, -0.15) is 0 Å². The average molecular weight is 325 g/mol. The van der Waals surface area contributed by atoms with Gasteiger partial charge in [0.15, 0.2) is 6.10 Å². The molecule has 1 atom stereocenters. The summed E-state index contributed by atoms with van der Waals surface area (Å²) in [6.07, 6.45) is -0.474. The number of ether oxygens (including phenoxy) is 1. The highest BCUT2D eigenvalue weighted by atomic mass is 16.6. The highest BCUT2D eigenvalue weighted by molar-refractivity contribution is 5.52. The van der Waals surface area contributed by atoms with Gasteiger partial charge in [-0.3, -0.25) is 10.1 Å². The van der Waals surface area contributed by atoms with Crippen LogP contribution >= 0.6 is 0 Å². The van der Waals surface area contributed by atoms with Crippen molar-refractivity contribution >= 4 is 5.69 Å². The van der Waals surface area contributed by atoms with E-state index >= 15 is 0 Å². The van der Waals surface area contributed by atoms with Crippen LogP contribution in [0.3, 0.4) is 0 Å². The number of non-ortho nitro benzene ring substituents is 1. The molecule has 0 saturated heterocycles. The van der Waals surface area contributed by atoms with Gasteiger partial charge in [0.25, 0.3) is 11.6 Å². The second-order valence-electron chi connectivity index (χ2n) is 5.32. The van der Waals surface area contributed by atoms with Crippen molar-refractivity contribution in [1.29, 1.82) is 0 Å². The van der Waals surface area contributed by atoms with E-state index in [1.807, 2.05) is 31.2 Å². The molecule has 0 saturated carbocycles. The molecule has 0 unspecified atom stereocenters. The summed E-state index contributed by atoms with van der Waals surface area (Å²) < 4.78 is 11.3. The molecule has 0 aliphatic heterocycles. The Bertz CT molecular complexity index is 841. The van der Waals surface area contributed by atoms with E-state index in [0.717, 1.165) is 11.1 Å². The van der Waals surface area contributed by atoms with Crippen LogP contribution in [0.25, 0.3) is 11.5 Å². The first-order chi connectivity index (χ1) is 11.5. The third kappa shape index (κ3) is 3.40. The summed E-state index contributed by atoms with van der Waals surface area (Å²) in [6.45, 7) is 3.77. The summed E-state index contributed by atoms with van der Waals surface area (Å²) in [4.78, 5) is 10.2. The first-order valence-electron chi connectivity index (χ1n) is 7.34. The number of nitro benzene ring substituents is 1. The van der Waals surface area contributed by atoms with Gasteiger partial charge in [-0.15, -0.1) is 10.2 Å². The molecule has 0 N–H and O–H groups in total. The molecule has 3 rings (SSSR count). The smallest absolute Gasteiger partial charge is 0.269 e. The third-order valence-electron chi connectivity index (χ3n) is 3.45. The van der Waals surface area contributed by atoms with Crippen LogP contribution in [0.4, 0.5) is 5.69 Å². The van der Waals surface area contributed by atoms with E-state index in [1.54, 1.807) is 6.92 Å². The highest BCUT2D eigenvalue weighted by Crippen LogP contribution is 2.25. The average Bonchev–Trinajstić information content (AvgIpc) is 3.06. The zero-order chi connectivity index (χ0) is 17.1. The fourth-order valence-electron chi connectivity index (χ4n) is 2.11. The molecule has 3 aromatic rings. The topological polar surface area (TPSA) is 91.3 Å². The quantitative estimate of drug-likeness (QED) is 0.518. The Morgan fingerprint density at radius 3 is 2.38 bits per heavy atom. The molecule has 122 valence electrons. The first-order valence-corrected chi connectivity index (χ1v) is 7.34. The first kappa shape index (κ1) is 15.7. The fraction of sp³-hybridized carbons (Fsp3) is 0.176. The zero-order valence-corrected chi connectivity index (χ0v) is 13.2. The Balaban J connectivity index is 1.72. The molecule has 0 aliphatic carbocycles. The summed E-state index contributed by atoms with van der Waals surface area (Å²) in [6, 6.07) is 13.6. The Kier molecular flexibility index (Phi) is 4.24. The largest absolute Gasteiger partial charge is 0.481 e. The predicted molar refractivity (Wildman–Crippen MR) is 86.6 cm³/mol. The summed E-state index contributed by atoms with van der Waals surface area (Å²) in [5.74, 6) is 1.25. The number of rotatable bonds is 5. The van der Waals surface area contributed by atoms with Gasteiger partial charge in [-0.1, -0.05) is 17.7 Å². The second-order valence-corrected chi connectivity index (χ2v) is 5.32. The van der Waals surface area contributed by atoms with Gasteiger partial charge >= 0.3 is 0 Å². The monoisotopic (exact) mass is 325 g/mol. The Morgan fingerprint density at radius 2 is 1.75 bits per heavy atom. The minimum Gasteiger partial charge on any atom is -0.481 e. The van der Waals surface area contributed by atoms with Crippen LogP contribution in [0.2, 0.25) is 0 Å². The number of nitrogens with zero attached hydrogens (tertiary/aromatic N) is 3. The lowest BCUT2D eigenvalue weighted by molar-refractivity contribution is -0.384. The van der Waals surface area contributed by atoms with Crippen molar-refractivity contribution in [1.82, 2.24) is 10.2 Å². The maximum Gasteiger partial charge on any atom is 0.269 e. The lowest BCUT2D eigenvalue weighted by atomic mass is 10.1. The summed E-state index contributed by atoms with van der Waals surface area (Å²) >= 11 is 0. The number of nitro groups is 1. The van der Waals surface area contributed by atoms with Crippen molar-refractivity contribution in [2.45, 2.75) is 20.0 Å². The second kappa shape index (κ2) is 6.49. The Labute approximate surface area is 138 Å². The SMILES string of the molecule is Cc1ccc(-c2nnc([C@@H](C)Oc3ccc([N+](=O)[O-])cc3)o2)cc1. The molecule has 1 heterocycles. The zero-order valence-electron chi connectivity index (χ0n) is 13.2. The van der Waals surface area contributed by atoms with Crippen LogP contribution in [-0.2, 0) is 0 Å². The normalized spacial score (nSPS) is 11.9. The van der Waals surface area contributed by atoms with E-state index in [-0.39, 0.29) is 5.69 Å². The van der Waals surface area contributed by atoms with E-state index < -0.39 is 11.0 Å². The van der Waals surface area contributed by atoms with Crippen molar-refractivity contribution in [3.8, 4) is 17.2 Å². The molecule has 0 radical (unpaired) electrons. The van der Waals surface area contributed by atoms with Gasteiger partial charge in [-0.25, -0.2) is 0 Å². The Morgan fingerprint density at radius 1 is 1.08 bits per heavy atom. The molecule has 7 heteroatoms. The van der Waals surface area contributed by atoms with Gasteiger partial charge in [0, 0.05) is 17.7 Å². The lowest BCUT2D eigenvalue weighted by Crippen LogP contribution is -2.03. The number of benzene rings is 2. The van der Waals surface area contributed by atoms with Gasteiger partial charge in [0.2, 0.25) is 5.89 Å². The van der Waals surface area contributed by atoms with Gasteiger partial charge in [0.05, 0.1) is 4.92 Å². The molecule has 2 aromatic carbocycles. The number of aryl methyl sites for hydroxylation is 1. The van der Waals surface area contributed by atoms with E-state index in [1.165, 1.54) is 24.3 Å². The summed E-state index contributed by atoms with van der Waals surface area (Å²) in [5, 5.41) is 18.7. The van der Waals surface area contributed by atoms with E-state index in [0.29, 0.717) is 17.5 Å². The van der Waals surface area contributed by atoms with Gasteiger partial charge in [0.1, 0.15) is 5.75 Å².